The number of rotatable bonds is 14. The van der Waals surface area contributed by atoms with Crippen LogP contribution in [-0.2, 0) is 6.42 Å². The highest BCUT2D eigenvalue weighted by atomic mass is 14.0. The molecule has 0 aliphatic heterocycles. The van der Waals surface area contributed by atoms with Crippen LogP contribution in [0.5, 0.6) is 0 Å². The largest absolute Gasteiger partial charge is 0.0885 e. The fourth-order valence-electron chi connectivity index (χ4n) is 3.11. The van der Waals surface area contributed by atoms with E-state index >= 15 is 0 Å². The number of allylic oxidation sites excluding steroid dienone is 2. The second kappa shape index (κ2) is 14.5. The maximum Gasteiger partial charge on any atom is -0.0242 e. The molecule has 0 saturated heterocycles. The van der Waals surface area contributed by atoms with Gasteiger partial charge in [0.15, 0.2) is 0 Å². The predicted molar refractivity (Wildman–Crippen MR) is 105 cm³/mol. The van der Waals surface area contributed by atoms with Gasteiger partial charge in [0, 0.05) is 0 Å². The highest BCUT2D eigenvalue weighted by molar-refractivity contribution is 5.25. The molecule has 0 unspecified atom stereocenters. The first-order chi connectivity index (χ1) is 11.3. The Morgan fingerprint density at radius 2 is 1.26 bits per heavy atom. The minimum Gasteiger partial charge on any atom is -0.0885 e. The van der Waals surface area contributed by atoms with Gasteiger partial charge in [-0.05, 0) is 43.7 Å². The Balaban J connectivity index is 1.86. The summed E-state index contributed by atoms with van der Waals surface area (Å²) < 4.78 is 0. The monoisotopic (exact) mass is 314 g/mol. The SMILES string of the molecule is CCCCCCCCCCCCC=CCCc1ccccc1C. The van der Waals surface area contributed by atoms with Crippen LogP contribution >= 0.6 is 0 Å². The van der Waals surface area contributed by atoms with Gasteiger partial charge in [0.25, 0.3) is 0 Å². The molecular formula is C23H38. The van der Waals surface area contributed by atoms with Gasteiger partial charge in [-0.15, -0.1) is 0 Å². The lowest BCUT2D eigenvalue weighted by Crippen LogP contribution is -1.87. The van der Waals surface area contributed by atoms with Gasteiger partial charge in [0.05, 0.1) is 0 Å². The highest BCUT2D eigenvalue weighted by Gasteiger charge is 1.95. The van der Waals surface area contributed by atoms with E-state index < -0.39 is 0 Å². The van der Waals surface area contributed by atoms with Crippen LogP contribution in [0.25, 0.3) is 0 Å². The van der Waals surface area contributed by atoms with Gasteiger partial charge >= 0.3 is 0 Å². The van der Waals surface area contributed by atoms with E-state index in [2.05, 4.69) is 50.3 Å². The first-order valence-corrected chi connectivity index (χ1v) is 10.0. The molecule has 1 rings (SSSR count). The van der Waals surface area contributed by atoms with Crippen LogP contribution < -0.4 is 0 Å². The first-order valence-electron chi connectivity index (χ1n) is 10.0. The minimum absolute atomic E-state index is 1.18. The highest BCUT2D eigenvalue weighted by Crippen LogP contribution is 2.12. The molecule has 0 spiro atoms. The van der Waals surface area contributed by atoms with E-state index in [9.17, 15) is 0 Å². The Morgan fingerprint density at radius 3 is 1.91 bits per heavy atom. The van der Waals surface area contributed by atoms with Crippen molar-refractivity contribution in [2.24, 2.45) is 0 Å². The van der Waals surface area contributed by atoms with Crippen LogP contribution in [0.15, 0.2) is 36.4 Å². The van der Waals surface area contributed by atoms with Crippen molar-refractivity contribution >= 4 is 0 Å². The van der Waals surface area contributed by atoms with E-state index in [-0.39, 0.29) is 0 Å². The molecular weight excluding hydrogens is 276 g/mol. The molecule has 0 heterocycles. The molecule has 0 amide bonds. The van der Waals surface area contributed by atoms with Gasteiger partial charge in [-0.25, -0.2) is 0 Å². The van der Waals surface area contributed by atoms with Gasteiger partial charge in [0.2, 0.25) is 0 Å². The van der Waals surface area contributed by atoms with Crippen molar-refractivity contribution in [3.05, 3.63) is 47.5 Å². The van der Waals surface area contributed by atoms with Crippen molar-refractivity contribution in [2.75, 3.05) is 0 Å². The molecule has 0 fully saturated rings. The lowest BCUT2D eigenvalue weighted by molar-refractivity contribution is 0.557. The molecule has 0 saturated carbocycles. The zero-order valence-corrected chi connectivity index (χ0v) is 15.7. The number of hydrogen-bond donors (Lipinski definition) is 0. The van der Waals surface area contributed by atoms with E-state index in [0.717, 1.165) is 0 Å². The number of benzene rings is 1. The van der Waals surface area contributed by atoms with Crippen LogP contribution in [0.4, 0.5) is 0 Å². The van der Waals surface area contributed by atoms with Crippen LogP contribution in [0.2, 0.25) is 0 Å². The van der Waals surface area contributed by atoms with Crippen molar-refractivity contribution in [3.8, 4) is 0 Å². The van der Waals surface area contributed by atoms with E-state index in [0.29, 0.717) is 0 Å². The molecule has 0 bridgehead atoms. The van der Waals surface area contributed by atoms with E-state index in [1.54, 1.807) is 0 Å². The molecule has 0 radical (unpaired) electrons. The quantitative estimate of drug-likeness (QED) is 0.243. The summed E-state index contributed by atoms with van der Waals surface area (Å²) in [5.41, 5.74) is 2.92. The third kappa shape index (κ3) is 11.2. The standard InChI is InChI=1S/C23H38/c1-3-4-5-6-7-8-9-10-11-12-13-14-15-16-20-23-21-18-17-19-22(23)2/h14-15,17-19,21H,3-13,16,20H2,1-2H3. The molecule has 23 heavy (non-hydrogen) atoms. The third-order valence-corrected chi connectivity index (χ3v) is 4.73. The van der Waals surface area contributed by atoms with Crippen molar-refractivity contribution in [1.82, 2.24) is 0 Å². The van der Waals surface area contributed by atoms with Gasteiger partial charge in [-0.2, -0.15) is 0 Å². The van der Waals surface area contributed by atoms with Crippen LogP contribution in [0.3, 0.4) is 0 Å². The molecule has 130 valence electrons. The van der Waals surface area contributed by atoms with E-state index in [4.69, 9.17) is 0 Å². The summed E-state index contributed by atoms with van der Waals surface area (Å²) in [5, 5.41) is 0. The zero-order valence-electron chi connectivity index (χ0n) is 15.7. The Labute approximate surface area is 145 Å². The van der Waals surface area contributed by atoms with Gasteiger partial charge in [-0.3, -0.25) is 0 Å². The van der Waals surface area contributed by atoms with E-state index in [1.165, 1.54) is 94.6 Å². The summed E-state index contributed by atoms with van der Waals surface area (Å²) in [7, 11) is 0. The Bertz CT molecular complexity index is 402. The molecule has 0 atom stereocenters. The summed E-state index contributed by atoms with van der Waals surface area (Å²) >= 11 is 0. The third-order valence-electron chi connectivity index (χ3n) is 4.73. The van der Waals surface area contributed by atoms with Crippen LogP contribution in [0, 0.1) is 6.92 Å². The Hall–Kier alpha value is -1.04. The van der Waals surface area contributed by atoms with Gasteiger partial charge < -0.3 is 0 Å². The van der Waals surface area contributed by atoms with Crippen molar-refractivity contribution in [2.45, 2.75) is 97.3 Å². The average Bonchev–Trinajstić information content (AvgIpc) is 2.57. The number of aryl methyl sites for hydroxylation is 2. The maximum atomic E-state index is 2.39. The van der Waals surface area contributed by atoms with Gasteiger partial charge in [-0.1, -0.05) is 101 Å². The first kappa shape index (κ1) is 20.0. The smallest absolute Gasteiger partial charge is 0.0242 e. The lowest BCUT2D eigenvalue weighted by Gasteiger charge is -2.02. The summed E-state index contributed by atoms with van der Waals surface area (Å²) in [4.78, 5) is 0. The topological polar surface area (TPSA) is 0 Å². The molecule has 0 nitrogen and oxygen atoms in total. The zero-order chi connectivity index (χ0) is 16.6. The molecule has 1 aromatic rings. The summed E-state index contributed by atoms with van der Waals surface area (Å²) in [6.45, 7) is 4.50. The fourth-order valence-corrected chi connectivity index (χ4v) is 3.11. The summed E-state index contributed by atoms with van der Waals surface area (Å²) in [6, 6.07) is 8.74. The average molecular weight is 315 g/mol. The molecule has 0 aromatic heterocycles. The normalized spacial score (nSPS) is 11.4. The predicted octanol–water partition coefficient (Wildman–Crippen LogP) is 7.79. The lowest BCUT2D eigenvalue weighted by atomic mass is 10.0. The Kier molecular flexibility index (Phi) is 12.7. The second-order valence-electron chi connectivity index (χ2n) is 6.91. The molecule has 0 aliphatic rings. The maximum absolute atomic E-state index is 2.39. The van der Waals surface area contributed by atoms with Crippen molar-refractivity contribution < 1.29 is 0 Å². The molecule has 0 aliphatic carbocycles. The summed E-state index contributed by atoms with van der Waals surface area (Å²) in [6.07, 6.45) is 22.7. The second-order valence-corrected chi connectivity index (χ2v) is 6.91. The Morgan fingerprint density at radius 1 is 0.696 bits per heavy atom. The van der Waals surface area contributed by atoms with Crippen LogP contribution in [0.1, 0.15) is 95.1 Å². The van der Waals surface area contributed by atoms with Crippen molar-refractivity contribution in [1.29, 1.82) is 0 Å². The number of unbranched alkanes of at least 4 members (excludes halogenated alkanes) is 10. The molecule has 0 heteroatoms. The molecule has 0 N–H and O–H groups in total. The fraction of sp³-hybridized carbons (Fsp3) is 0.652. The van der Waals surface area contributed by atoms with Gasteiger partial charge in [0.1, 0.15) is 0 Å². The van der Waals surface area contributed by atoms with Crippen LogP contribution in [-0.4, -0.2) is 0 Å². The minimum atomic E-state index is 1.18. The molecule has 1 aromatic carbocycles. The van der Waals surface area contributed by atoms with Crippen molar-refractivity contribution in [3.63, 3.8) is 0 Å². The summed E-state index contributed by atoms with van der Waals surface area (Å²) in [5.74, 6) is 0. The van der Waals surface area contributed by atoms with E-state index in [1.807, 2.05) is 0 Å². The number of hydrogen-bond acceptors (Lipinski definition) is 0.